The van der Waals surface area contributed by atoms with Crippen molar-refractivity contribution in [1.82, 2.24) is 20.3 Å². The highest BCUT2D eigenvalue weighted by atomic mass is 16.5. The van der Waals surface area contributed by atoms with Gasteiger partial charge in [-0.25, -0.2) is 0 Å². The number of unbranched alkanes of at least 4 members (excludes halogenated alkanes) is 1. The van der Waals surface area contributed by atoms with Crippen molar-refractivity contribution in [2.24, 2.45) is 4.99 Å². The second-order valence-electron chi connectivity index (χ2n) is 8.24. The number of nitrogens with one attached hydrogen (secondary N) is 2. The summed E-state index contributed by atoms with van der Waals surface area (Å²) in [5.41, 5.74) is 9.38. The first-order valence-electron chi connectivity index (χ1n) is 12.7. The van der Waals surface area contributed by atoms with Crippen LogP contribution < -0.4 is 26.0 Å². The lowest BCUT2D eigenvalue weighted by molar-refractivity contribution is 0.410. The SMILES string of the molecule is C=CC=N/C=C(C)/C(=C\NC)CC.CCCCN(C)c1nc(N)nc(NCCc2ccccc2OC)n1. The van der Waals surface area contributed by atoms with Crippen molar-refractivity contribution in [2.75, 3.05) is 50.2 Å². The van der Waals surface area contributed by atoms with Crippen molar-refractivity contribution in [3.05, 3.63) is 66.0 Å². The van der Waals surface area contributed by atoms with E-state index in [2.05, 4.69) is 51.0 Å². The molecule has 0 fully saturated rings. The number of aliphatic imine (C=N–C) groups is 1. The first-order chi connectivity index (χ1) is 17.9. The molecule has 0 saturated heterocycles. The Bertz CT molecular complexity index is 1030. The number of benzene rings is 1. The molecule has 0 radical (unpaired) electrons. The van der Waals surface area contributed by atoms with Gasteiger partial charge >= 0.3 is 0 Å². The molecule has 2 rings (SSSR count). The summed E-state index contributed by atoms with van der Waals surface area (Å²) in [6.45, 7) is 11.5. The van der Waals surface area contributed by atoms with Crippen LogP contribution in [0.1, 0.15) is 45.6 Å². The maximum atomic E-state index is 5.81. The molecule has 0 aliphatic rings. The van der Waals surface area contributed by atoms with Crippen LogP contribution in [-0.4, -0.2) is 55.5 Å². The standard InChI is InChI=1S/C17H26N6O.C11H18N2/c1-4-5-12-23(2)17-21-15(18)20-16(22-17)19-11-10-13-8-6-7-9-14(13)24-3;1-5-7-13-8-10(3)11(6-2)9-12-4/h6-9H,4-5,10-12H2,1-3H3,(H3,18,19,20,21,22);5,7-9,12H,1,6H2,2-4H3/b;10-8+,11-9-,13-7?. The topological polar surface area (TPSA) is 114 Å². The van der Waals surface area contributed by atoms with Crippen LogP contribution in [-0.2, 0) is 6.42 Å². The fourth-order valence-electron chi connectivity index (χ4n) is 3.31. The van der Waals surface area contributed by atoms with Crippen molar-refractivity contribution < 1.29 is 4.74 Å². The van der Waals surface area contributed by atoms with Gasteiger partial charge in [-0.05, 0) is 55.2 Å². The van der Waals surface area contributed by atoms with E-state index in [4.69, 9.17) is 10.5 Å². The minimum absolute atomic E-state index is 0.225. The van der Waals surface area contributed by atoms with Crippen LogP contribution >= 0.6 is 0 Å². The number of anilines is 3. The molecule has 0 aliphatic heterocycles. The number of nitrogens with two attached hydrogens (primary N) is 1. The minimum atomic E-state index is 0.225. The van der Waals surface area contributed by atoms with Crippen molar-refractivity contribution in [3.63, 3.8) is 0 Å². The van der Waals surface area contributed by atoms with Gasteiger partial charge in [0.15, 0.2) is 0 Å². The second-order valence-corrected chi connectivity index (χ2v) is 8.24. The summed E-state index contributed by atoms with van der Waals surface area (Å²) in [7, 11) is 5.54. The first-order valence-corrected chi connectivity index (χ1v) is 12.7. The Morgan fingerprint density at radius 3 is 2.62 bits per heavy atom. The molecule has 0 spiro atoms. The predicted molar refractivity (Wildman–Crippen MR) is 157 cm³/mol. The number of aromatic nitrogens is 3. The van der Waals surface area contributed by atoms with Gasteiger partial charge in [0.1, 0.15) is 5.75 Å². The highest BCUT2D eigenvalue weighted by Gasteiger charge is 2.09. The zero-order valence-electron chi connectivity index (χ0n) is 23.3. The fraction of sp³-hybridized carbons (Fsp3) is 0.429. The molecule has 0 saturated carbocycles. The Morgan fingerprint density at radius 1 is 1.22 bits per heavy atom. The van der Waals surface area contributed by atoms with Crippen molar-refractivity contribution >= 4 is 24.1 Å². The molecular formula is C28H44N8O. The summed E-state index contributed by atoms with van der Waals surface area (Å²) in [5.74, 6) is 2.20. The molecule has 2 aromatic rings. The zero-order valence-corrected chi connectivity index (χ0v) is 23.3. The van der Waals surface area contributed by atoms with Crippen LogP contribution in [0.2, 0.25) is 0 Å². The lowest BCUT2D eigenvalue weighted by atomic mass is 10.1. The molecule has 1 aromatic heterocycles. The van der Waals surface area contributed by atoms with Gasteiger partial charge in [0.25, 0.3) is 0 Å². The Morgan fingerprint density at radius 2 is 1.97 bits per heavy atom. The monoisotopic (exact) mass is 508 g/mol. The molecule has 9 nitrogen and oxygen atoms in total. The van der Waals surface area contributed by atoms with Crippen LogP contribution in [0.4, 0.5) is 17.8 Å². The number of hydrogen-bond acceptors (Lipinski definition) is 9. The summed E-state index contributed by atoms with van der Waals surface area (Å²) in [6, 6.07) is 7.96. The number of nitrogen functional groups attached to an aromatic ring is 1. The molecule has 1 heterocycles. The Balaban J connectivity index is 0.000000448. The zero-order chi connectivity index (χ0) is 27.5. The molecule has 4 N–H and O–H groups in total. The molecule has 0 atom stereocenters. The van der Waals surface area contributed by atoms with Crippen molar-refractivity contribution in [3.8, 4) is 5.75 Å². The van der Waals surface area contributed by atoms with Crippen LogP contribution in [0.3, 0.4) is 0 Å². The molecule has 0 bridgehead atoms. The summed E-state index contributed by atoms with van der Waals surface area (Å²) in [4.78, 5) is 18.9. The van der Waals surface area contributed by atoms with Gasteiger partial charge in [0, 0.05) is 39.6 Å². The average molecular weight is 509 g/mol. The maximum Gasteiger partial charge on any atom is 0.231 e. The molecule has 202 valence electrons. The Kier molecular flexibility index (Phi) is 15.5. The minimum Gasteiger partial charge on any atom is -0.496 e. The third-order valence-corrected chi connectivity index (χ3v) is 5.37. The predicted octanol–water partition coefficient (Wildman–Crippen LogP) is 5.01. The van der Waals surface area contributed by atoms with Gasteiger partial charge in [0.2, 0.25) is 17.8 Å². The van der Waals surface area contributed by atoms with Crippen molar-refractivity contribution in [2.45, 2.75) is 46.5 Å². The van der Waals surface area contributed by atoms with Crippen LogP contribution in [0, 0.1) is 0 Å². The van der Waals surface area contributed by atoms with Crippen LogP contribution in [0.25, 0.3) is 0 Å². The van der Waals surface area contributed by atoms with Gasteiger partial charge in [-0.2, -0.15) is 15.0 Å². The van der Waals surface area contributed by atoms with E-state index in [9.17, 15) is 0 Å². The van der Waals surface area contributed by atoms with Gasteiger partial charge in [-0.3, -0.25) is 4.99 Å². The third kappa shape index (κ3) is 12.1. The lowest BCUT2D eigenvalue weighted by Gasteiger charge is -2.17. The summed E-state index contributed by atoms with van der Waals surface area (Å²) in [5, 5.41) is 6.23. The summed E-state index contributed by atoms with van der Waals surface area (Å²) >= 11 is 0. The first kappa shape index (κ1) is 31.2. The number of hydrogen-bond donors (Lipinski definition) is 3. The molecule has 1 aromatic carbocycles. The van der Waals surface area contributed by atoms with E-state index in [0.29, 0.717) is 18.4 Å². The van der Waals surface area contributed by atoms with Crippen LogP contribution in [0.5, 0.6) is 5.75 Å². The fourth-order valence-corrected chi connectivity index (χ4v) is 3.31. The maximum absolute atomic E-state index is 5.81. The van der Waals surface area contributed by atoms with E-state index in [-0.39, 0.29) is 5.95 Å². The Labute approximate surface area is 222 Å². The lowest BCUT2D eigenvalue weighted by Crippen LogP contribution is -2.22. The molecule has 0 unspecified atom stereocenters. The molecule has 0 aliphatic carbocycles. The second kappa shape index (κ2) is 18.4. The highest BCUT2D eigenvalue weighted by molar-refractivity contribution is 5.70. The van der Waals surface area contributed by atoms with Gasteiger partial charge in [-0.1, -0.05) is 51.1 Å². The smallest absolute Gasteiger partial charge is 0.231 e. The summed E-state index contributed by atoms with van der Waals surface area (Å²) in [6.07, 6.45) is 11.2. The van der Waals surface area contributed by atoms with E-state index in [1.807, 2.05) is 62.6 Å². The molecular weight excluding hydrogens is 464 g/mol. The van der Waals surface area contributed by atoms with Gasteiger partial charge in [-0.15, -0.1) is 0 Å². The van der Waals surface area contributed by atoms with Gasteiger partial charge < -0.3 is 26.0 Å². The number of rotatable bonds is 14. The molecule has 0 amide bonds. The Hall–Kier alpha value is -3.88. The van der Waals surface area contributed by atoms with E-state index >= 15 is 0 Å². The van der Waals surface area contributed by atoms with E-state index in [1.54, 1.807) is 19.4 Å². The van der Waals surface area contributed by atoms with Crippen molar-refractivity contribution in [1.29, 1.82) is 0 Å². The van der Waals surface area contributed by atoms with E-state index < -0.39 is 0 Å². The van der Waals surface area contributed by atoms with Gasteiger partial charge in [0.05, 0.1) is 7.11 Å². The molecule has 37 heavy (non-hydrogen) atoms. The number of ether oxygens (including phenoxy) is 1. The summed E-state index contributed by atoms with van der Waals surface area (Å²) < 4.78 is 5.36. The quantitative estimate of drug-likeness (QED) is 0.241. The molecule has 9 heteroatoms. The van der Waals surface area contributed by atoms with E-state index in [0.717, 1.165) is 43.5 Å². The number of para-hydroxylation sites is 1. The number of allylic oxidation sites excluding steroid dienone is 3. The average Bonchev–Trinajstić information content (AvgIpc) is 2.90. The number of methoxy groups -OCH3 is 1. The van der Waals surface area contributed by atoms with E-state index in [1.165, 1.54) is 11.1 Å². The largest absolute Gasteiger partial charge is 0.496 e. The number of nitrogens with zero attached hydrogens (tertiary/aromatic N) is 5. The normalized spacial score (nSPS) is 11.5. The van der Waals surface area contributed by atoms with Crippen LogP contribution in [0.15, 0.2) is 65.5 Å². The third-order valence-electron chi connectivity index (χ3n) is 5.37. The highest BCUT2D eigenvalue weighted by Crippen LogP contribution is 2.18.